The Morgan fingerprint density at radius 1 is 0.673 bits per heavy atom. The number of hydrogen-bond acceptors (Lipinski definition) is 7. The SMILES string of the molecule is CCCC(=O)N(CCCc1cccc(Cl)c1)CCCc1ccc(C(=O)OC(=O)c2ccc(CCCN(CCCc3cccc(Cl)c3)C(=O)CC)o2)s1. The van der Waals surface area contributed by atoms with E-state index in [-0.39, 0.29) is 17.6 Å². The van der Waals surface area contributed by atoms with Crippen molar-refractivity contribution >= 4 is 58.3 Å². The van der Waals surface area contributed by atoms with E-state index in [9.17, 15) is 19.2 Å². The van der Waals surface area contributed by atoms with E-state index in [1.165, 1.54) is 17.4 Å². The first-order chi connectivity index (χ1) is 25.1. The van der Waals surface area contributed by atoms with E-state index in [4.69, 9.17) is 32.4 Å². The van der Waals surface area contributed by atoms with E-state index < -0.39 is 11.9 Å². The monoisotopic (exact) mass is 766 g/mol. The summed E-state index contributed by atoms with van der Waals surface area (Å²) in [5, 5.41) is 1.42. The van der Waals surface area contributed by atoms with Gasteiger partial charge in [-0.2, -0.15) is 0 Å². The molecule has 0 radical (unpaired) electrons. The van der Waals surface area contributed by atoms with Crippen LogP contribution in [0.15, 0.2) is 77.2 Å². The molecule has 0 saturated carbocycles. The molecule has 0 aliphatic rings. The lowest BCUT2D eigenvalue weighted by molar-refractivity contribution is -0.132. The van der Waals surface area contributed by atoms with E-state index in [0.29, 0.717) is 79.0 Å². The number of benzene rings is 2. The number of amides is 2. The smallest absolute Gasteiger partial charge is 0.382 e. The maximum Gasteiger partial charge on any atom is 0.382 e. The number of aryl methyl sites for hydroxylation is 4. The van der Waals surface area contributed by atoms with Crippen LogP contribution in [0.1, 0.15) is 101 Å². The summed E-state index contributed by atoms with van der Waals surface area (Å²) in [4.78, 5) is 56.0. The molecule has 2 aromatic carbocycles. The van der Waals surface area contributed by atoms with Crippen molar-refractivity contribution in [2.45, 2.75) is 84.5 Å². The molecule has 0 N–H and O–H groups in total. The lowest BCUT2D eigenvalue weighted by Crippen LogP contribution is -2.33. The van der Waals surface area contributed by atoms with Gasteiger partial charge in [0.15, 0.2) is 0 Å². The first kappa shape index (κ1) is 40.8. The molecule has 2 heterocycles. The van der Waals surface area contributed by atoms with Gasteiger partial charge in [0.05, 0.1) is 0 Å². The number of hydrogen-bond donors (Lipinski definition) is 0. The molecule has 8 nitrogen and oxygen atoms in total. The van der Waals surface area contributed by atoms with E-state index in [0.717, 1.165) is 54.5 Å². The van der Waals surface area contributed by atoms with Gasteiger partial charge >= 0.3 is 11.9 Å². The van der Waals surface area contributed by atoms with Crippen LogP contribution >= 0.6 is 34.5 Å². The number of furan rings is 1. The number of rotatable bonds is 21. The maximum atomic E-state index is 12.8. The quantitative estimate of drug-likeness (QED) is 0.0619. The van der Waals surface area contributed by atoms with Crippen molar-refractivity contribution in [2.75, 3.05) is 26.2 Å². The summed E-state index contributed by atoms with van der Waals surface area (Å²) >= 11 is 13.5. The third kappa shape index (κ3) is 13.6. The van der Waals surface area contributed by atoms with Crippen LogP contribution in [0.5, 0.6) is 0 Å². The summed E-state index contributed by atoms with van der Waals surface area (Å²) in [6.07, 6.45) is 7.73. The standard InChI is InChI=1S/C41H48Cl2N2O6S/c1-3-11-39(47)45(25-8-15-31-13-6-17-33(43)29-31)27-10-19-35-21-23-37(52-35)41(49)51-40(48)36-22-20-34(50-36)18-9-26-44(38(46)4-2)24-7-14-30-12-5-16-32(42)28-30/h5-6,12-13,16-17,20-23,28-29H,3-4,7-11,14-15,18-19,24-27H2,1-2H3. The summed E-state index contributed by atoms with van der Waals surface area (Å²) in [5.41, 5.74) is 2.29. The van der Waals surface area contributed by atoms with E-state index in [1.54, 1.807) is 12.1 Å². The zero-order valence-electron chi connectivity index (χ0n) is 30.0. The topological polar surface area (TPSA) is 97.1 Å². The fourth-order valence-electron chi connectivity index (χ4n) is 5.97. The summed E-state index contributed by atoms with van der Waals surface area (Å²) in [6, 6.07) is 22.3. The lowest BCUT2D eigenvalue weighted by atomic mass is 10.1. The van der Waals surface area contributed by atoms with Gasteiger partial charge in [-0.3, -0.25) is 9.59 Å². The van der Waals surface area contributed by atoms with Crippen LogP contribution in [-0.4, -0.2) is 59.7 Å². The van der Waals surface area contributed by atoms with Crippen LogP contribution in [0.25, 0.3) is 0 Å². The van der Waals surface area contributed by atoms with Gasteiger partial charge in [0.1, 0.15) is 10.6 Å². The van der Waals surface area contributed by atoms with Crippen molar-refractivity contribution in [3.05, 3.63) is 115 Å². The van der Waals surface area contributed by atoms with Crippen molar-refractivity contribution < 1.29 is 28.3 Å². The Balaban J connectivity index is 1.19. The molecule has 278 valence electrons. The molecule has 52 heavy (non-hydrogen) atoms. The zero-order chi connectivity index (χ0) is 37.3. The van der Waals surface area contributed by atoms with Gasteiger partial charge < -0.3 is 19.0 Å². The van der Waals surface area contributed by atoms with Gasteiger partial charge in [0, 0.05) is 60.4 Å². The fourth-order valence-corrected chi connectivity index (χ4v) is 7.32. The average molecular weight is 768 g/mol. The van der Waals surface area contributed by atoms with E-state index in [1.807, 2.05) is 78.2 Å². The van der Waals surface area contributed by atoms with Crippen molar-refractivity contribution in [3.8, 4) is 0 Å². The molecule has 0 aliphatic heterocycles. The molecule has 0 fully saturated rings. The van der Waals surface area contributed by atoms with Gasteiger partial charge in [-0.15, -0.1) is 11.3 Å². The van der Waals surface area contributed by atoms with Gasteiger partial charge in [0.25, 0.3) is 0 Å². The lowest BCUT2D eigenvalue weighted by Gasteiger charge is -2.22. The molecule has 0 bridgehead atoms. The fraction of sp³-hybridized carbons (Fsp3) is 0.415. The molecule has 4 rings (SSSR count). The molecule has 0 spiro atoms. The minimum absolute atomic E-state index is 0.0460. The van der Waals surface area contributed by atoms with Crippen LogP contribution in [0, 0.1) is 0 Å². The van der Waals surface area contributed by atoms with Gasteiger partial charge in [-0.25, -0.2) is 9.59 Å². The predicted molar refractivity (Wildman–Crippen MR) is 207 cm³/mol. The molecule has 0 saturated heterocycles. The normalized spacial score (nSPS) is 11.0. The Bertz CT molecular complexity index is 1770. The molecule has 0 atom stereocenters. The number of esters is 2. The average Bonchev–Trinajstić information content (AvgIpc) is 3.81. The minimum Gasteiger partial charge on any atom is -0.454 e. The van der Waals surface area contributed by atoms with Crippen molar-refractivity contribution in [3.63, 3.8) is 0 Å². The van der Waals surface area contributed by atoms with Crippen LogP contribution in [0.3, 0.4) is 0 Å². The van der Waals surface area contributed by atoms with Crippen LogP contribution in [0.2, 0.25) is 10.0 Å². The Morgan fingerprint density at radius 3 is 1.83 bits per heavy atom. The largest absolute Gasteiger partial charge is 0.454 e. The number of nitrogens with zero attached hydrogens (tertiary/aromatic N) is 2. The molecule has 2 amide bonds. The first-order valence-corrected chi connectivity index (χ1v) is 19.7. The van der Waals surface area contributed by atoms with Crippen molar-refractivity contribution in [1.82, 2.24) is 9.80 Å². The highest BCUT2D eigenvalue weighted by atomic mass is 35.5. The summed E-state index contributed by atoms with van der Waals surface area (Å²) in [7, 11) is 0. The molecular weight excluding hydrogens is 719 g/mol. The second kappa shape index (κ2) is 21.6. The third-order valence-corrected chi connectivity index (χ3v) is 10.2. The Morgan fingerprint density at radius 2 is 1.25 bits per heavy atom. The third-order valence-electron chi connectivity index (χ3n) is 8.65. The van der Waals surface area contributed by atoms with Crippen molar-refractivity contribution in [2.24, 2.45) is 0 Å². The number of ether oxygens (including phenoxy) is 1. The molecule has 2 aromatic heterocycles. The van der Waals surface area contributed by atoms with Crippen LogP contribution in [-0.2, 0) is 40.0 Å². The predicted octanol–water partition coefficient (Wildman–Crippen LogP) is 9.64. The minimum atomic E-state index is -0.849. The van der Waals surface area contributed by atoms with E-state index in [2.05, 4.69) is 0 Å². The Hall–Kier alpha value is -3.92. The number of carbonyl (C=O) groups excluding carboxylic acids is 4. The molecule has 0 unspecified atom stereocenters. The van der Waals surface area contributed by atoms with Crippen LogP contribution in [0.4, 0.5) is 0 Å². The van der Waals surface area contributed by atoms with Gasteiger partial charge in [0.2, 0.25) is 17.6 Å². The summed E-state index contributed by atoms with van der Waals surface area (Å²) in [6.45, 7) is 6.37. The van der Waals surface area contributed by atoms with Gasteiger partial charge in [-0.05, 0) is 111 Å². The first-order valence-electron chi connectivity index (χ1n) is 18.1. The Kier molecular flexibility index (Phi) is 16.9. The number of carbonyl (C=O) groups is 4. The summed E-state index contributed by atoms with van der Waals surface area (Å²) < 4.78 is 10.8. The molecule has 4 aromatic rings. The maximum absolute atomic E-state index is 12.8. The molecule has 11 heteroatoms. The number of halogens is 2. The molecular formula is C41H48Cl2N2O6S. The van der Waals surface area contributed by atoms with E-state index >= 15 is 0 Å². The second-order valence-electron chi connectivity index (χ2n) is 12.7. The number of thiophene rings is 1. The highest BCUT2D eigenvalue weighted by molar-refractivity contribution is 7.13. The van der Waals surface area contributed by atoms with Crippen LogP contribution < -0.4 is 0 Å². The van der Waals surface area contributed by atoms with Crippen molar-refractivity contribution in [1.29, 1.82) is 0 Å². The Labute approximate surface area is 321 Å². The molecule has 0 aliphatic carbocycles. The van der Waals surface area contributed by atoms with Gasteiger partial charge in [-0.1, -0.05) is 61.3 Å². The second-order valence-corrected chi connectivity index (χ2v) is 14.8. The highest BCUT2D eigenvalue weighted by Gasteiger charge is 2.21. The summed E-state index contributed by atoms with van der Waals surface area (Å²) in [5.74, 6) is -0.801. The zero-order valence-corrected chi connectivity index (χ0v) is 32.4. The highest BCUT2D eigenvalue weighted by Crippen LogP contribution is 2.21.